The number of para-hydroxylation sites is 2. The minimum atomic E-state index is 0. The summed E-state index contributed by atoms with van der Waals surface area (Å²) in [5, 5.41) is 15.0. The summed E-state index contributed by atoms with van der Waals surface area (Å²) in [6, 6.07) is 37.8. The van der Waals surface area contributed by atoms with Crippen molar-refractivity contribution >= 4 is 32.7 Å². The van der Waals surface area contributed by atoms with E-state index < -0.39 is 0 Å². The molecule has 44 heavy (non-hydrogen) atoms. The van der Waals surface area contributed by atoms with Crippen LogP contribution in [0.15, 0.2) is 120 Å². The van der Waals surface area contributed by atoms with E-state index in [2.05, 4.69) is 68.4 Å². The number of hydrogen-bond donors (Lipinski definition) is 1. The second-order valence-electron chi connectivity index (χ2n) is 11.0. The molecule has 0 aliphatic heterocycles. The van der Waals surface area contributed by atoms with Gasteiger partial charge in [0.1, 0.15) is 17.2 Å². The molecule has 8 aromatic rings. The molecule has 3 heterocycles. The predicted octanol–water partition coefficient (Wildman–Crippen LogP) is 9.44. The molecule has 0 atom stereocenters. The Morgan fingerprint density at radius 1 is 0.750 bits per heavy atom. The van der Waals surface area contributed by atoms with Crippen LogP contribution in [0.2, 0.25) is 0 Å². The minimum Gasteiger partial charge on any atom is -0.507 e. The maximum Gasteiger partial charge on any atom is 0.140 e. The fourth-order valence-corrected chi connectivity index (χ4v) is 5.95. The summed E-state index contributed by atoms with van der Waals surface area (Å²) < 4.78 is 8.47. The summed E-state index contributed by atoms with van der Waals surface area (Å²) in [5.41, 5.74) is 8.56. The Hall–Kier alpha value is -4.99. The molecule has 0 amide bonds. The van der Waals surface area contributed by atoms with Crippen LogP contribution in [0, 0.1) is 19.9 Å². The Kier molecular flexibility index (Phi) is 6.91. The first-order valence-electron chi connectivity index (χ1n) is 14.2. The number of pyridine rings is 1. The molecule has 216 valence electrons. The number of benzene rings is 5. The van der Waals surface area contributed by atoms with E-state index in [0.29, 0.717) is 11.4 Å². The molecular formula is C38H26N3O2Pt-. The third-order valence-corrected chi connectivity index (χ3v) is 7.91. The summed E-state index contributed by atoms with van der Waals surface area (Å²) in [5.74, 6) is 0.820. The second kappa shape index (κ2) is 10.9. The van der Waals surface area contributed by atoms with E-state index >= 15 is 0 Å². The van der Waals surface area contributed by atoms with Gasteiger partial charge in [0.25, 0.3) is 0 Å². The van der Waals surface area contributed by atoms with Crippen molar-refractivity contribution in [3.63, 3.8) is 0 Å². The minimum absolute atomic E-state index is 0. The molecule has 0 spiro atoms. The molecule has 0 saturated carbocycles. The number of phenolic OH excluding ortho intramolecular Hbond substituents is 1. The Balaban J connectivity index is 0.00000312. The number of aromatic nitrogens is 3. The van der Waals surface area contributed by atoms with Crippen molar-refractivity contribution in [2.45, 2.75) is 13.8 Å². The van der Waals surface area contributed by atoms with Crippen molar-refractivity contribution in [3.05, 3.63) is 133 Å². The van der Waals surface area contributed by atoms with Crippen molar-refractivity contribution in [2.24, 2.45) is 0 Å². The summed E-state index contributed by atoms with van der Waals surface area (Å²) in [7, 11) is 0. The van der Waals surface area contributed by atoms with Crippen molar-refractivity contribution in [3.8, 4) is 45.3 Å². The molecule has 5 aromatic carbocycles. The molecule has 0 bridgehead atoms. The molecule has 0 unspecified atom stereocenters. The average Bonchev–Trinajstić information content (AvgIpc) is 3.63. The zero-order valence-corrected chi connectivity index (χ0v) is 26.3. The fraction of sp³-hybridized carbons (Fsp3) is 0.0526. The number of imidazole rings is 1. The first kappa shape index (κ1) is 27.8. The van der Waals surface area contributed by atoms with Gasteiger partial charge < -0.3 is 14.1 Å². The number of rotatable bonds is 4. The van der Waals surface area contributed by atoms with Crippen molar-refractivity contribution in [1.82, 2.24) is 14.5 Å². The number of furan rings is 1. The molecule has 8 rings (SSSR count). The van der Waals surface area contributed by atoms with Crippen molar-refractivity contribution < 1.29 is 30.6 Å². The maximum absolute atomic E-state index is 10.9. The van der Waals surface area contributed by atoms with Gasteiger partial charge in [0.15, 0.2) is 0 Å². The van der Waals surface area contributed by atoms with Gasteiger partial charge in [-0.2, -0.15) is 0 Å². The van der Waals surface area contributed by atoms with Crippen LogP contribution in [0.4, 0.5) is 0 Å². The number of aryl methyl sites for hydroxylation is 2. The van der Waals surface area contributed by atoms with E-state index in [1.54, 1.807) is 6.07 Å². The topological polar surface area (TPSA) is 64.1 Å². The molecule has 1 N–H and O–H groups in total. The Labute approximate surface area is 268 Å². The zero-order valence-electron chi connectivity index (χ0n) is 24.0. The van der Waals surface area contributed by atoms with Gasteiger partial charge in [-0.25, -0.2) is 0 Å². The predicted molar refractivity (Wildman–Crippen MR) is 172 cm³/mol. The number of aromatic hydroxyl groups is 1. The number of nitrogens with zero attached hydrogens (tertiary/aromatic N) is 3. The second-order valence-corrected chi connectivity index (χ2v) is 11.0. The van der Waals surface area contributed by atoms with Crippen LogP contribution in [-0.4, -0.2) is 19.6 Å². The van der Waals surface area contributed by atoms with E-state index in [-0.39, 0.29) is 26.8 Å². The van der Waals surface area contributed by atoms with Crippen LogP contribution < -0.4 is 0 Å². The van der Waals surface area contributed by atoms with E-state index in [0.717, 1.165) is 72.0 Å². The summed E-state index contributed by atoms with van der Waals surface area (Å²) in [6.45, 7) is 4.17. The molecule has 0 aliphatic rings. The van der Waals surface area contributed by atoms with E-state index in [1.807, 2.05) is 65.5 Å². The SMILES string of the molecule is Cc1cc(C)cc(-n2cc(-c3[c-]c(-c4cc5ccccc5cn4)c4oc5ccccc5c4c3)nc2-c2ccccc2O)c1.[Pt]. The van der Waals surface area contributed by atoms with E-state index in [4.69, 9.17) is 14.4 Å². The summed E-state index contributed by atoms with van der Waals surface area (Å²) >= 11 is 0. The molecular weight excluding hydrogens is 726 g/mol. The molecule has 6 heteroatoms. The monoisotopic (exact) mass is 751 g/mol. The summed E-state index contributed by atoms with van der Waals surface area (Å²) in [6.07, 6.45) is 3.91. The number of hydrogen-bond acceptors (Lipinski definition) is 4. The van der Waals surface area contributed by atoms with Crippen molar-refractivity contribution in [2.75, 3.05) is 0 Å². The van der Waals surface area contributed by atoms with Crippen molar-refractivity contribution in [1.29, 1.82) is 0 Å². The van der Waals surface area contributed by atoms with Crippen LogP contribution in [0.5, 0.6) is 5.75 Å². The Morgan fingerprint density at radius 3 is 2.30 bits per heavy atom. The Bertz CT molecular complexity index is 2330. The summed E-state index contributed by atoms with van der Waals surface area (Å²) in [4.78, 5) is 9.96. The Morgan fingerprint density at radius 2 is 1.48 bits per heavy atom. The van der Waals surface area contributed by atoms with Gasteiger partial charge in [0, 0.05) is 55.9 Å². The third kappa shape index (κ3) is 4.70. The van der Waals surface area contributed by atoms with Gasteiger partial charge in [-0.05, 0) is 71.5 Å². The third-order valence-electron chi connectivity index (χ3n) is 7.91. The zero-order chi connectivity index (χ0) is 29.1. The van der Waals surface area contributed by atoms with Gasteiger partial charge >= 0.3 is 0 Å². The standard InChI is InChI=1S/C38H26N3O2.Pt/c1-23-15-24(2)17-28(16-23)41-22-34(40-38(41)30-12-5-7-13-35(30)42)27-18-31-29-11-6-8-14-36(29)43-37(31)32(19-27)33-20-25-9-3-4-10-26(25)21-39-33;/h3-18,20-22,42H,1-2H3;/q-1;. The molecule has 0 radical (unpaired) electrons. The van der Waals surface area contributed by atoms with E-state index in [9.17, 15) is 5.11 Å². The quantitative estimate of drug-likeness (QED) is 0.182. The smallest absolute Gasteiger partial charge is 0.140 e. The number of fused-ring (bicyclic) bond motifs is 4. The molecule has 5 nitrogen and oxygen atoms in total. The number of phenols is 1. The molecule has 0 fully saturated rings. The normalized spacial score (nSPS) is 11.3. The van der Waals surface area contributed by atoms with Gasteiger partial charge in [-0.15, -0.1) is 12.1 Å². The molecule has 0 saturated heterocycles. The molecule has 3 aromatic heterocycles. The average molecular weight is 752 g/mol. The van der Waals surface area contributed by atoms with Crippen LogP contribution in [0.1, 0.15) is 11.1 Å². The van der Waals surface area contributed by atoms with E-state index in [1.165, 1.54) is 0 Å². The largest absolute Gasteiger partial charge is 0.507 e. The maximum atomic E-state index is 10.9. The van der Waals surface area contributed by atoms with Crippen LogP contribution >= 0.6 is 0 Å². The van der Waals surface area contributed by atoms with Gasteiger partial charge in [-0.1, -0.05) is 77.9 Å². The van der Waals surface area contributed by atoms with Crippen LogP contribution in [-0.2, 0) is 21.1 Å². The van der Waals surface area contributed by atoms with Gasteiger partial charge in [0.05, 0.1) is 11.1 Å². The van der Waals surface area contributed by atoms with Crippen LogP contribution in [0.3, 0.4) is 0 Å². The van der Waals surface area contributed by atoms with Gasteiger partial charge in [-0.3, -0.25) is 9.97 Å². The fourth-order valence-electron chi connectivity index (χ4n) is 5.95. The first-order chi connectivity index (χ1) is 21.0. The molecule has 0 aliphatic carbocycles. The van der Waals surface area contributed by atoms with Gasteiger partial charge in [0.2, 0.25) is 0 Å². The first-order valence-corrected chi connectivity index (χ1v) is 14.2. The van der Waals surface area contributed by atoms with Crippen LogP contribution in [0.25, 0.3) is 72.3 Å².